The van der Waals surface area contributed by atoms with Crippen LogP contribution in [-0.2, 0) is 0 Å². The van der Waals surface area contributed by atoms with Gasteiger partial charge in [-0.3, -0.25) is 4.79 Å². The Morgan fingerprint density at radius 3 is 2.75 bits per heavy atom. The van der Waals surface area contributed by atoms with E-state index in [9.17, 15) is 4.79 Å². The molecule has 0 fully saturated rings. The fraction of sp³-hybridized carbons (Fsp3) is 0.143. The molecule has 0 atom stereocenters. The quantitative estimate of drug-likeness (QED) is 0.303. The summed E-state index contributed by atoms with van der Waals surface area (Å²) in [6.07, 6.45) is 8.25. The number of carbonyl (C=O) groups excluding carboxylic acids is 1. The Bertz CT molecular complexity index is 919. The van der Waals surface area contributed by atoms with Crippen molar-refractivity contribution in [3.63, 3.8) is 0 Å². The van der Waals surface area contributed by atoms with Gasteiger partial charge in [-0.1, -0.05) is 30.2 Å². The van der Waals surface area contributed by atoms with Gasteiger partial charge in [0.15, 0.2) is 11.5 Å². The monoisotopic (exact) mass is 398 g/mol. The van der Waals surface area contributed by atoms with Gasteiger partial charge < -0.3 is 14.2 Å². The molecule has 1 amide bonds. The molecule has 0 aromatic heterocycles. The van der Waals surface area contributed by atoms with Crippen LogP contribution in [0.2, 0.25) is 5.02 Å². The SMILES string of the molecule is C#CCOc1ccc(Cl)cc1/C=N/NC(=O)c1ccc(OCC=C)c(OC)c1. The second-order valence-electron chi connectivity index (χ2n) is 5.34. The number of hydrogen-bond donors (Lipinski definition) is 1. The summed E-state index contributed by atoms with van der Waals surface area (Å²) in [4.78, 5) is 12.3. The highest BCUT2D eigenvalue weighted by Crippen LogP contribution is 2.28. The molecule has 0 aliphatic rings. The third-order valence-electron chi connectivity index (χ3n) is 3.44. The number of benzene rings is 2. The molecule has 2 rings (SSSR count). The highest BCUT2D eigenvalue weighted by molar-refractivity contribution is 6.30. The smallest absolute Gasteiger partial charge is 0.271 e. The van der Waals surface area contributed by atoms with Crippen molar-refractivity contribution in [1.82, 2.24) is 5.43 Å². The molecule has 0 aliphatic heterocycles. The van der Waals surface area contributed by atoms with Crippen molar-refractivity contribution >= 4 is 23.7 Å². The molecular formula is C21H19ClN2O4. The molecule has 144 valence electrons. The number of carbonyl (C=O) groups is 1. The fourth-order valence-corrected chi connectivity index (χ4v) is 2.35. The average Bonchev–Trinajstić information content (AvgIpc) is 2.71. The van der Waals surface area contributed by atoms with Crippen LogP contribution in [0.1, 0.15) is 15.9 Å². The van der Waals surface area contributed by atoms with Gasteiger partial charge in [0.05, 0.1) is 13.3 Å². The zero-order valence-electron chi connectivity index (χ0n) is 15.3. The molecule has 0 saturated carbocycles. The van der Waals surface area contributed by atoms with Crippen LogP contribution in [0.3, 0.4) is 0 Å². The minimum absolute atomic E-state index is 0.106. The van der Waals surface area contributed by atoms with Gasteiger partial charge in [-0.15, -0.1) is 6.42 Å². The Hall–Kier alpha value is -3.43. The Labute approximate surface area is 168 Å². The van der Waals surface area contributed by atoms with E-state index >= 15 is 0 Å². The predicted octanol–water partition coefficient (Wildman–Crippen LogP) is 3.69. The van der Waals surface area contributed by atoms with Gasteiger partial charge in [0.25, 0.3) is 5.91 Å². The van der Waals surface area contributed by atoms with E-state index < -0.39 is 5.91 Å². The van der Waals surface area contributed by atoms with E-state index in [1.165, 1.54) is 13.3 Å². The van der Waals surface area contributed by atoms with Crippen LogP contribution < -0.4 is 19.6 Å². The highest BCUT2D eigenvalue weighted by atomic mass is 35.5. The first kappa shape index (κ1) is 20.9. The van der Waals surface area contributed by atoms with E-state index in [2.05, 4.69) is 23.0 Å². The summed E-state index contributed by atoms with van der Waals surface area (Å²) in [7, 11) is 1.49. The maximum atomic E-state index is 12.3. The summed E-state index contributed by atoms with van der Waals surface area (Å²) < 4.78 is 16.1. The highest BCUT2D eigenvalue weighted by Gasteiger charge is 2.11. The third-order valence-corrected chi connectivity index (χ3v) is 3.67. The van der Waals surface area contributed by atoms with E-state index in [4.69, 9.17) is 32.2 Å². The van der Waals surface area contributed by atoms with Gasteiger partial charge in [-0.25, -0.2) is 5.43 Å². The molecule has 6 nitrogen and oxygen atoms in total. The van der Waals surface area contributed by atoms with E-state index in [0.717, 1.165) is 0 Å². The number of terminal acetylenes is 1. The standard InChI is InChI=1S/C21H19ClN2O4/c1-4-10-27-18-9-7-17(22)12-16(18)14-23-24-21(25)15-6-8-19(28-11-5-2)20(13-15)26-3/h1,5-9,12-14H,2,10-11H2,3H3,(H,24,25)/b23-14+. The lowest BCUT2D eigenvalue weighted by molar-refractivity contribution is 0.0954. The van der Waals surface area contributed by atoms with Crippen molar-refractivity contribution in [2.45, 2.75) is 0 Å². The number of nitrogens with zero attached hydrogens (tertiary/aromatic N) is 1. The molecule has 2 aromatic carbocycles. The fourth-order valence-electron chi connectivity index (χ4n) is 2.17. The number of methoxy groups -OCH3 is 1. The van der Waals surface area contributed by atoms with Crippen LogP contribution in [0.5, 0.6) is 17.2 Å². The zero-order chi connectivity index (χ0) is 20.4. The van der Waals surface area contributed by atoms with Gasteiger partial charge in [-0.2, -0.15) is 5.10 Å². The molecule has 0 aliphatic carbocycles. The molecule has 1 N–H and O–H groups in total. The van der Waals surface area contributed by atoms with E-state index in [0.29, 0.717) is 40.0 Å². The lowest BCUT2D eigenvalue weighted by Gasteiger charge is -2.10. The van der Waals surface area contributed by atoms with Crippen LogP contribution in [0.25, 0.3) is 0 Å². The lowest BCUT2D eigenvalue weighted by Crippen LogP contribution is -2.17. The van der Waals surface area contributed by atoms with Crippen LogP contribution in [0, 0.1) is 12.3 Å². The molecule has 0 heterocycles. The summed E-state index contributed by atoms with van der Waals surface area (Å²) in [5.74, 6) is 3.41. The predicted molar refractivity (Wildman–Crippen MR) is 110 cm³/mol. The third kappa shape index (κ3) is 5.79. The minimum Gasteiger partial charge on any atom is -0.493 e. The summed E-state index contributed by atoms with van der Waals surface area (Å²) in [6, 6.07) is 9.81. The first-order valence-corrected chi connectivity index (χ1v) is 8.57. The van der Waals surface area contributed by atoms with E-state index in [-0.39, 0.29) is 6.61 Å². The summed E-state index contributed by atoms with van der Waals surface area (Å²) in [6.45, 7) is 4.03. The number of hydrogen-bond acceptors (Lipinski definition) is 5. The van der Waals surface area contributed by atoms with E-state index in [1.54, 1.807) is 42.5 Å². The van der Waals surface area contributed by atoms with Crippen LogP contribution in [0.15, 0.2) is 54.2 Å². The van der Waals surface area contributed by atoms with Crippen LogP contribution in [-0.4, -0.2) is 32.4 Å². The topological polar surface area (TPSA) is 69.2 Å². The number of rotatable bonds is 9. The van der Waals surface area contributed by atoms with E-state index in [1.807, 2.05) is 0 Å². The second-order valence-corrected chi connectivity index (χ2v) is 5.78. The summed E-state index contributed by atoms with van der Waals surface area (Å²) in [5, 5.41) is 4.46. The Morgan fingerprint density at radius 2 is 2.04 bits per heavy atom. The van der Waals surface area contributed by atoms with Gasteiger partial charge in [0, 0.05) is 16.1 Å². The maximum absolute atomic E-state index is 12.3. The molecule has 0 saturated heterocycles. The van der Waals surface area contributed by atoms with Gasteiger partial charge in [-0.05, 0) is 36.4 Å². The molecule has 0 unspecified atom stereocenters. The van der Waals surface area contributed by atoms with Gasteiger partial charge in [0.1, 0.15) is 19.0 Å². The molecule has 0 bridgehead atoms. The first-order valence-electron chi connectivity index (χ1n) is 8.20. The summed E-state index contributed by atoms with van der Waals surface area (Å²) >= 11 is 6.00. The minimum atomic E-state index is -0.419. The number of amides is 1. The molecule has 28 heavy (non-hydrogen) atoms. The lowest BCUT2D eigenvalue weighted by atomic mass is 10.2. The molecule has 0 spiro atoms. The van der Waals surface area contributed by atoms with Crippen molar-refractivity contribution in [2.75, 3.05) is 20.3 Å². The maximum Gasteiger partial charge on any atom is 0.271 e. The number of hydrazone groups is 1. The van der Waals surface area contributed by atoms with Gasteiger partial charge >= 0.3 is 0 Å². The molecule has 0 radical (unpaired) electrons. The first-order chi connectivity index (χ1) is 13.6. The normalized spacial score (nSPS) is 10.2. The van der Waals surface area contributed by atoms with Crippen molar-refractivity contribution in [3.8, 4) is 29.6 Å². The Kier molecular flexibility index (Phi) is 7.94. The number of ether oxygens (including phenoxy) is 3. The molecule has 7 heteroatoms. The van der Waals surface area contributed by atoms with Crippen molar-refractivity contribution in [3.05, 3.63) is 65.2 Å². The summed E-state index contributed by atoms with van der Waals surface area (Å²) in [5.41, 5.74) is 3.38. The van der Waals surface area contributed by atoms with Crippen molar-refractivity contribution in [2.24, 2.45) is 5.10 Å². The Balaban J connectivity index is 2.10. The number of halogens is 1. The second kappa shape index (κ2) is 10.7. The molecular weight excluding hydrogens is 380 g/mol. The molecule has 2 aromatic rings. The van der Waals surface area contributed by atoms with Crippen molar-refractivity contribution < 1.29 is 19.0 Å². The van der Waals surface area contributed by atoms with Crippen LogP contribution >= 0.6 is 11.6 Å². The number of nitrogens with one attached hydrogen (secondary N) is 1. The van der Waals surface area contributed by atoms with Crippen LogP contribution in [0.4, 0.5) is 0 Å². The largest absolute Gasteiger partial charge is 0.493 e. The Morgan fingerprint density at radius 1 is 1.25 bits per heavy atom. The zero-order valence-corrected chi connectivity index (χ0v) is 16.0. The van der Waals surface area contributed by atoms with Crippen molar-refractivity contribution in [1.29, 1.82) is 0 Å². The average molecular weight is 399 g/mol. The van der Waals surface area contributed by atoms with Gasteiger partial charge in [0.2, 0.25) is 0 Å².